The molecule has 0 amide bonds. The van der Waals surface area contributed by atoms with Gasteiger partial charge in [0, 0.05) is 36.9 Å². The summed E-state index contributed by atoms with van der Waals surface area (Å²) in [7, 11) is 3.61. The third kappa shape index (κ3) is 6.16. The molecule has 1 aliphatic heterocycles. The number of aliphatic imine (C=N–C) groups is 1. The average Bonchev–Trinajstić information content (AvgIpc) is 2.76. The van der Waals surface area contributed by atoms with Crippen molar-refractivity contribution in [1.82, 2.24) is 20.5 Å². The number of rotatable bonds is 7. The monoisotopic (exact) mass is 444 g/mol. The van der Waals surface area contributed by atoms with Crippen molar-refractivity contribution in [2.24, 2.45) is 4.99 Å². The number of benzene rings is 1. The third-order valence-corrected chi connectivity index (χ3v) is 5.76. The molecule has 32 heavy (non-hydrogen) atoms. The van der Waals surface area contributed by atoms with Gasteiger partial charge in [-0.3, -0.25) is 4.99 Å². The number of anilines is 1. The largest absolute Gasteiger partial charge is 0.357 e. The van der Waals surface area contributed by atoms with Crippen molar-refractivity contribution in [1.29, 1.82) is 0 Å². The second-order valence-electron chi connectivity index (χ2n) is 8.38. The van der Waals surface area contributed by atoms with Crippen molar-refractivity contribution in [3.05, 3.63) is 59.3 Å². The molecule has 174 valence electrons. The van der Waals surface area contributed by atoms with Crippen LogP contribution < -0.4 is 15.5 Å². The van der Waals surface area contributed by atoms with Crippen molar-refractivity contribution in [3.63, 3.8) is 0 Å². The Kier molecular flexibility index (Phi) is 8.39. The van der Waals surface area contributed by atoms with E-state index in [2.05, 4.69) is 31.6 Å². The molecule has 1 atom stereocenters. The molecule has 1 fully saturated rings. The Labute approximate surface area is 189 Å². The number of halogens is 2. The summed E-state index contributed by atoms with van der Waals surface area (Å²) >= 11 is 0. The lowest BCUT2D eigenvalue weighted by Crippen LogP contribution is -2.49. The maximum atomic E-state index is 14.4. The van der Waals surface area contributed by atoms with Crippen LogP contribution >= 0.6 is 0 Å². The first-order valence-electron chi connectivity index (χ1n) is 11.2. The maximum absolute atomic E-state index is 14.4. The number of piperidine rings is 1. The van der Waals surface area contributed by atoms with Crippen LogP contribution in [0.1, 0.15) is 37.1 Å². The van der Waals surface area contributed by atoms with Gasteiger partial charge in [0.2, 0.25) is 0 Å². The second kappa shape index (κ2) is 11.2. The number of hydrogen-bond donors (Lipinski definition) is 2. The predicted octanol–water partition coefficient (Wildman–Crippen LogP) is 3.50. The highest BCUT2D eigenvalue weighted by Gasteiger charge is 2.24. The minimum atomic E-state index is -0.547. The van der Waals surface area contributed by atoms with E-state index < -0.39 is 17.7 Å². The average molecular weight is 445 g/mol. The minimum absolute atomic E-state index is 0.0519. The number of guanidine groups is 1. The maximum Gasteiger partial charge on any atom is 0.191 e. The fourth-order valence-electron chi connectivity index (χ4n) is 3.99. The van der Waals surface area contributed by atoms with Gasteiger partial charge >= 0.3 is 0 Å². The molecule has 0 bridgehead atoms. The molecule has 3 rings (SSSR count). The Morgan fingerprint density at radius 2 is 1.81 bits per heavy atom. The summed E-state index contributed by atoms with van der Waals surface area (Å²) in [6.45, 7) is 6.78. The van der Waals surface area contributed by atoms with E-state index in [-0.39, 0.29) is 18.2 Å². The number of pyridine rings is 1. The molecule has 0 aliphatic carbocycles. The van der Waals surface area contributed by atoms with E-state index in [1.54, 1.807) is 4.90 Å². The Morgan fingerprint density at radius 3 is 2.41 bits per heavy atom. The summed E-state index contributed by atoms with van der Waals surface area (Å²) in [4.78, 5) is 13.4. The lowest BCUT2D eigenvalue weighted by molar-refractivity contribution is 0.290. The SMILES string of the molecule is CCNC(=NCC(c1c(F)cccc1F)N(C)C)NC1CCN(c2cccc(C)n2)CC1. The van der Waals surface area contributed by atoms with Crippen molar-refractivity contribution >= 4 is 11.8 Å². The van der Waals surface area contributed by atoms with Crippen molar-refractivity contribution in [2.75, 3.05) is 45.2 Å². The van der Waals surface area contributed by atoms with Crippen LogP contribution in [0.3, 0.4) is 0 Å². The van der Waals surface area contributed by atoms with Gasteiger partial charge in [0.1, 0.15) is 17.5 Å². The van der Waals surface area contributed by atoms with E-state index in [4.69, 9.17) is 0 Å². The summed E-state index contributed by atoms with van der Waals surface area (Å²) in [5.74, 6) is 0.593. The zero-order valence-corrected chi connectivity index (χ0v) is 19.4. The highest BCUT2D eigenvalue weighted by molar-refractivity contribution is 5.80. The standard InChI is InChI=1S/C24H34F2N6/c1-5-27-24(28-16-21(31(3)4)23-19(25)9-7-10-20(23)26)30-18-12-14-32(15-13-18)22-11-6-8-17(2)29-22/h6-11,18,21H,5,12-16H2,1-4H3,(H2,27,28,30). The lowest BCUT2D eigenvalue weighted by Gasteiger charge is -2.34. The number of aryl methyl sites for hydroxylation is 1. The molecule has 1 aliphatic rings. The number of nitrogens with one attached hydrogen (secondary N) is 2. The first kappa shape index (κ1) is 23.9. The van der Waals surface area contributed by atoms with Crippen molar-refractivity contribution in [3.8, 4) is 0 Å². The van der Waals surface area contributed by atoms with E-state index in [1.165, 1.54) is 18.2 Å². The number of nitrogens with zero attached hydrogens (tertiary/aromatic N) is 4. The van der Waals surface area contributed by atoms with Gasteiger partial charge in [-0.25, -0.2) is 13.8 Å². The molecule has 0 saturated carbocycles. The summed E-state index contributed by atoms with van der Waals surface area (Å²) in [5.41, 5.74) is 1.07. The second-order valence-corrected chi connectivity index (χ2v) is 8.38. The van der Waals surface area contributed by atoms with Crippen LogP contribution in [0, 0.1) is 18.6 Å². The Balaban J connectivity index is 1.64. The molecule has 6 nitrogen and oxygen atoms in total. The molecule has 2 heterocycles. The molecule has 1 unspecified atom stereocenters. The minimum Gasteiger partial charge on any atom is -0.357 e. The molecule has 2 aromatic rings. The summed E-state index contributed by atoms with van der Waals surface area (Å²) in [5, 5.41) is 6.76. The Morgan fingerprint density at radius 1 is 1.16 bits per heavy atom. The molecular weight excluding hydrogens is 410 g/mol. The van der Waals surface area contributed by atoms with Crippen LogP contribution in [0.5, 0.6) is 0 Å². The fourth-order valence-corrected chi connectivity index (χ4v) is 3.99. The van der Waals surface area contributed by atoms with Crippen LogP contribution in [0.2, 0.25) is 0 Å². The highest BCUT2D eigenvalue weighted by atomic mass is 19.1. The van der Waals surface area contributed by atoms with Gasteiger partial charge in [0.05, 0.1) is 12.6 Å². The van der Waals surface area contributed by atoms with E-state index >= 15 is 0 Å². The van der Waals surface area contributed by atoms with Crippen LogP contribution in [0.4, 0.5) is 14.6 Å². The number of hydrogen-bond acceptors (Lipinski definition) is 4. The van der Waals surface area contributed by atoms with Gasteiger partial charge in [-0.2, -0.15) is 0 Å². The summed E-state index contributed by atoms with van der Waals surface area (Å²) in [6.07, 6.45) is 1.91. The Bertz CT molecular complexity index is 889. The first-order chi connectivity index (χ1) is 15.4. The Hall–Kier alpha value is -2.74. The van der Waals surface area contributed by atoms with Gasteiger partial charge < -0.3 is 20.4 Å². The van der Waals surface area contributed by atoms with Crippen LogP contribution in [0.15, 0.2) is 41.4 Å². The molecule has 8 heteroatoms. The van der Waals surface area contributed by atoms with Gasteiger partial charge in [-0.15, -0.1) is 0 Å². The normalized spacial score (nSPS) is 16.3. The predicted molar refractivity (Wildman–Crippen MR) is 126 cm³/mol. The van der Waals surface area contributed by atoms with Gasteiger partial charge in [0.25, 0.3) is 0 Å². The first-order valence-corrected chi connectivity index (χ1v) is 11.2. The fraction of sp³-hybridized carbons (Fsp3) is 0.500. The van der Waals surface area contributed by atoms with Crippen molar-refractivity contribution in [2.45, 2.75) is 38.8 Å². The zero-order valence-electron chi connectivity index (χ0n) is 19.4. The van der Waals surface area contributed by atoms with Crippen molar-refractivity contribution < 1.29 is 8.78 Å². The molecule has 2 N–H and O–H groups in total. The third-order valence-electron chi connectivity index (χ3n) is 5.76. The molecular formula is C24H34F2N6. The molecule has 1 saturated heterocycles. The molecule has 1 aromatic heterocycles. The number of likely N-dealkylation sites (N-methyl/N-ethyl adjacent to an activating group) is 1. The van der Waals surface area contributed by atoms with Gasteiger partial charge in [-0.05, 0) is 65.0 Å². The van der Waals surface area contributed by atoms with E-state index in [0.29, 0.717) is 12.5 Å². The lowest BCUT2D eigenvalue weighted by atomic mass is 10.0. The molecule has 1 aromatic carbocycles. The highest BCUT2D eigenvalue weighted by Crippen LogP contribution is 2.25. The van der Waals surface area contributed by atoms with E-state index in [9.17, 15) is 8.78 Å². The van der Waals surface area contributed by atoms with E-state index in [0.717, 1.165) is 37.4 Å². The van der Waals surface area contributed by atoms with Crippen LogP contribution in [-0.4, -0.2) is 62.2 Å². The molecule has 0 radical (unpaired) electrons. The van der Waals surface area contributed by atoms with Gasteiger partial charge in [0.15, 0.2) is 5.96 Å². The topological polar surface area (TPSA) is 55.8 Å². The zero-order chi connectivity index (χ0) is 23.1. The van der Waals surface area contributed by atoms with Crippen LogP contribution in [-0.2, 0) is 0 Å². The smallest absolute Gasteiger partial charge is 0.191 e. The summed E-state index contributed by atoms with van der Waals surface area (Å²) < 4.78 is 28.7. The van der Waals surface area contributed by atoms with Gasteiger partial charge in [-0.1, -0.05) is 12.1 Å². The van der Waals surface area contributed by atoms with Crippen LogP contribution in [0.25, 0.3) is 0 Å². The summed E-state index contributed by atoms with van der Waals surface area (Å²) in [6, 6.07) is 9.84. The molecule has 0 spiro atoms. The number of aromatic nitrogens is 1. The quantitative estimate of drug-likeness (QED) is 0.506. The van der Waals surface area contributed by atoms with E-state index in [1.807, 2.05) is 40.1 Å².